The van der Waals surface area contributed by atoms with Gasteiger partial charge in [0.2, 0.25) is 5.91 Å². The van der Waals surface area contributed by atoms with Crippen LogP contribution < -0.4 is 5.32 Å². The summed E-state index contributed by atoms with van der Waals surface area (Å²) in [4.78, 5) is 14.3. The Morgan fingerprint density at radius 1 is 1.37 bits per heavy atom. The van der Waals surface area contributed by atoms with Gasteiger partial charge in [-0.15, -0.1) is 0 Å². The van der Waals surface area contributed by atoms with Crippen LogP contribution in [0.1, 0.15) is 31.4 Å². The lowest BCUT2D eigenvalue weighted by Crippen LogP contribution is -2.40. The number of benzene rings is 1. The lowest BCUT2D eigenvalue weighted by atomic mass is 9.95. The first kappa shape index (κ1) is 14.4. The molecule has 1 N–H and O–H groups in total. The van der Waals surface area contributed by atoms with Gasteiger partial charge in [0.25, 0.3) is 0 Å². The van der Waals surface area contributed by atoms with Crippen molar-refractivity contribution in [3.05, 3.63) is 34.9 Å². The smallest absolute Gasteiger partial charge is 0.226 e. The number of nitrogens with one attached hydrogen (secondary N) is 1. The summed E-state index contributed by atoms with van der Waals surface area (Å²) in [6.45, 7) is 3.90. The summed E-state index contributed by atoms with van der Waals surface area (Å²) in [6, 6.07) is 7.74. The Morgan fingerprint density at radius 2 is 2.00 bits per heavy atom. The molecule has 1 amide bonds. The Bertz CT molecular complexity index is 444. The van der Waals surface area contributed by atoms with E-state index in [-0.39, 0.29) is 17.9 Å². The van der Waals surface area contributed by atoms with Gasteiger partial charge in [0.1, 0.15) is 0 Å². The number of piperidine rings is 1. The molecule has 0 aromatic heterocycles. The summed E-state index contributed by atoms with van der Waals surface area (Å²) >= 11 is 6.21. The van der Waals surface area contributed by atoms with Gasteiger partial charge < -0.3 is 10.2 Å². The zero-order valence-electron chi connectivity index (χ0n) is 11.5. The van der Waals surface area contributed by atoms with E-state index < -0.39 is 0 Å². The van der Waals surface area contributed by atoms with Crippen molar-refractivity contribution in [1.29, 1.82) is 0 Å². The monoisotopic (exact) mass is 280 g/mol. The normalized spacial score (nSPS) is 18.1. The summed E-state index contributed by atoms with van der Waals surface area (Å²) in [5.41, 5.74) is 1.01. The van der Waals surface area contributed by atoms with Gasteiger partial charge in [-0.05, 0) is 44.5 Å². The fraction of sp³-hybridized carbons (Fsp3) is 0.533. The molecule has 1 unspecified atom stereocenters. The molecule has 1 aliphatic heterocycles. The average molecular weight is 281 g/mol. The summed E-state index contributed by atoms with van der Waals surface area (Å²) in [5.74, 6) is 0.380. The topological polar surface area (TPSA) is 32.3 Å². The fourth-order valence-corrected chi connectivity index (χ4v) is 2.86. The molecule has 1 atom stereocenters. The molecule has 0 spiro atoms. The summed E-state index contributed by atoms with van der Waals surface area (Å²) in [7, 11) is 1.87. The fourth-order valence-electron chi connectivity index (χ4n) is 2.57. The number of carbonyl (C=O) groups is 1. The van der Waals surface area contributed by atoms with E-state index in [1.54, 1.807) is 0 Å². The molecule has 1 heterocycles. The molecule has 0 bridgehead atoms. The number of rotatable bonds is 3. The van der Waals surface area contributed by atoms with Gasteiger partial charge >= 0.3 is 0 Å². The molecule has 0 radical (unpaired) electrons. The van der Waals surface area contributed by atoms with Gasteiger partial charge in [-0.1, -0.05) is 29.8 Å². The van der Waals surface area contributed by atoms with Crippen molar-refractivity contribution in [1.82, 2.24) is 10.2 Å². The lowest BCUT2D eigenvalue weighted by molar-refractivity contribution is -0.137. The first-order valence-electron chi connectivity index (χ1n) is 6.83. The minimum atomic E-state index is 0.0103. The summed E-state index contributed by atoms with van der Waals surface area (Å²) < 4.78 is 0. The summed E-state index contributed by atoms with van der Waals surface area (Å²) in [6.07, 6.45) is 1.86. The average Bonchev–Trinajstić information content (AvgIpc) is 2.46. The molecule has 19 heavy (non-hydrogen) atoms. The van der Waals surface area contributed by atoms with Crippen molar-refractivity contribution in [2.24, 2.45) is 5.92 Å². The second-order valence-electron chi connectivity index (χ2n) is 5.17. The molecule has 1 saturated heterocycles. The van der Waals surface area contributed by atoms with Crippen molar-refractivity contribution in [3.8, 4) is 0 Å². The largest absolute Gasteiger partial charge is 0.339 e. The van der Waals surface area contributed by atoms with Gasteiger partial charge in [0.05, 0.1) is 6.04 Å². The van der Waals surface area contributed by atoms with E-state index in [9.17, 15) is 4.79 Å². The quantitative estimate of drug-likeness (QED) is 0.923. The standard InChI is InChI=1S/C15H21ClN2O/c1-11(13-5-3-4-6-14(13)16)18(2)15(19)12-7-9-17-10-8-12/h3-6,11-12,17H,7-10H2,1-2H3. The Kier molecular flexibility index (Phi) is 4.83. The van der Waals surface area contributed by atoms with Crippen LogP contribution in [-0.2, 0) is 4.79 Å². The predicted octanol–water partition coefficient (Wildman–Crippen LogP) is 2.86. The Labute approximate surface area is 119 Å². The Morgan fingerprint density at radius 3 is 2.63 bits per heavy atom. The van der Waals surface area contributed by atoms with E-state index in [0.717, 1.165) is 36.5 Å². The van der Waals surface area contributed by atoms with Crippen molar-refractivity contribution in [2.75, 3.05) is 20.1 Å². The molecule has 4 heteroatoms. The highest BCUT2D eigenvalue weighted by molar-refractivity contribution is 6.31. The Hall–Kier alpha value is -1.06. The summed E-state index contributed by atoms with van der Waals surface area (Å²) in [5, 5.41) is 4.01. The number of amides is 1. The minimum Gasteiger partial charge on any atom is -0.339 e. The number of hydrogen-bond acceptors (Lipinski definition) is 2. The third kappa shape index (κ3) is 3.28. The molecule has 2 rings (SSSR count). The molecule has 1 fully saturated rings. The van der Waals surface area contributed by atoms with E-state index in [0.29, 0.717) is 0 Å². The third-order valence-electron chi connectivity index (χ3n) is 3.97. The molecule has 1 aromatic rings. The van der Waals surface area contributed by atoms with Crippen LogP contribution in [0.5, 0.6) is 0 Å². The minimum absolute atomic E-state index is 0.0103. The Balaban J connectivity index is 2.08. The van der Waals surface area contributed by atoms with Crippen molar-refractivity contribution >= 4 is 17.5 Å². The molecule has 104 valence electrons. The maximum Gasteiger partial charge on any atom is 0.226 e. The molecule has 3 nitrogen and oxygen atoms in total. The van der Waals surface area contributed by atoms with Crippen LogP contribution in [-0.4, -0.2) is 30.9 Å². The van der Waals surface area contributed by atoms with E-state index in [1.807, 2.05) is 43.1 Å². The number of carbonyl (C=O) groups excluding carboxylic acids is 1. The van der Waals surface area contributed by atoms with Crippen LogP contribution in [0, 0.1) is 5.92 Å². The lowest BCUT2D eigenvalue weighted by Gasteiger charge is -2.31. The van der Waals surface area contributed by atoms with Crippen molar-refractivity contribution in [2.45, 2.75) is 25.8 Å². The van der Waals surface area contributed by atoms with E-state index in [2.05, 4.69) is 5.32 Å². The molecule has 1 aromatic carbocycles. The number of nitrogens with zero attached hydrogens (tertiary/aromatic N) is 1. The van der Waals surface area contributed by atoms with Crippen LogP contribution in [0.3, 0.4) is 0 Å². The van der Waals surface area contributed by atoms with Crippen LogP contribution in [0.25, 0.3) is 0 Å². The second-order valence-corrected chi connectivity index (χ2v) is 5.58. The van der Waals surface area contributed by atoms with Gasteiger partial charge in [-0.2, -0.15) is 0 Å². The second kappa shape index (κ2) is 6.40. The maximum atomic E-state index is 12.5. The zero-order valence-corrected chi connectivity index (χ0v) is 12.3. The number of halogens is 1. The van der Waals surface area contributed by atoms with Gasteiger partial charge in [0.15, 0.2) is 0 Å². The van der Waals surface area contributed by atoms with Crippen LogP contribution >= 0.6 is 11.6 Å². The first-order chi connectivity index (χ1) is 9.11. The highest BCUT2D eigenvalue weighted by Crippen LogP contribution is 2.28. The maximum absolute atomic E-state index is 12.5. The predicted molar refractivity (Wildman–Crippen MR) is 78.2 cm³/mol. The van der Waals surface area contributed by atoms with Gasteiger partial charge in [0, 0.05) is 18.0 Å². The molecular formula is C15H21ClN2O. The van der Waals surface area contributed by atoms with Crippen LogP contribution in [0.15, 0.2) is 24.3 Å². The molecular weight excluding hydrogens is 260 g/mol. The van der Waals surface area contributed by atoms with E-state index in [1.165, 1.54) is 0 Å². The first-order valence-corrected chi connectivity index (χ1v) is 7.21. The van der Waals surface area contributed by atoms with Crippen molar-refractivity contribution in [3.63, 3.8) is 0 Å². The molecule has 1 aliphatic rings. The zero-order chi connectivity index (χ0) is 13.8. The number of hydrogen-bond donors (Lipinski definition) is 1. The highest BCUT2D eigenvalue weighted by atomic mass is 35.5. The van der Waals surface area contributed by atoms with Crippen molar-refractivity contribution < 1.29 is 4.79 Å². The van der Waals surface area contributed by atoms with E-state index in [4.69, 9.17) is 11.6 Å². The molecule has 0 saturated carbocycles. The van der Waals surface area contributed by atoms with Crippen LogP contribution in [0.2, 0.25) is 5.02 Å². The van der Waals surface area contributed by atoms with Gasteiger partial charge in [-0.25, -0.2) is 0 Å². The molecule has 0 aliphatic carbocycles. The highest BCUT2D eigenvalue weighted by Gasteiger charge is 2.27. The van der Waals surface area contributed by atoms with Gasteiger partial charge in [-0.3, -0.25) is 4.79 Å². The van der Waals surface area contributed by atoms with Crippen LogP contribution in [0.4, 0.5) is 0 Å². The third-order valence-corrected chi connectivity index (χ3v) is 4.32. The van der Waals surface area contributed by atoms with E-state index >= 15 is 0 Å². The SMILES string of the molecule is CC(c1ccccc1Cl)N(C)C(=O)C1CCNCC1.